The Morgan fingerprint density at radius 2 is 2.11 bits per heavy atom. The molecule has 0 saturated heterocycles. The molecule has 1 N–H and O–H groups in total. The Hall–Kier alpha value is -1.71. The van der Waals surface area contributed by atoms with Gasteiger partial charge in [0.1, 0.15) is 0 Å². The summed E-state index contributed by atoms with van der Waals surface area (Å²) < 4.78 is 0.427. The van der Waals surface area contributed by atoms with Crippen LogP contribution in [0.4, 0.5) is 10.5 Å². The molecule has 0 unspecified atom stereocenters. The van der Waals surface area contributed by atoms with Gasteiger partial charge in [0.15, 0.2) is 0 Å². The van der Waals surface area contributed by atoms with E-state index in [4.69, 9.17) is 0 Å². The molecule has 1 aromatic rings. The number of nitro benzene ring substituents is 1. The number of rotatable bonds is 3. The van der Waals surface area contributed by atoms with Crippen molar-refractivity contribution in [1.82, 2.24) is 10.2 Å². The van der Waals surface area contributed by atoms with Crippen molar-refractivity contribution >= 4 is 40.2 Å². The minimum Gasteiger partial charge on any atom is -0.328 e. The van der Waals surface area contributed by atoms with Gasteiger partial charge in [-0.1, -0.05) is 0 Å². The lowest BCUT2D eigenvalue weighted by atomic mass is 10.2. The summed E-state index contributed by atoms with van der Waals surface area (Å²) in [6.07, 6.45) is 0. The molecule has 0 fully saturated rings. The first-order valence-electron chi connectivity index (χ1n) is 5.37. The van der Waals surface area contributed by atoms with Gasteiger partial charge in [0.25, 0.3) is 11.6 Å². The maximum Gasteiger partial charge on any atom is 0.324 e. The standard InChI is InChI=1S/C11H12IN3O4/c1-3-14(2)11(17)13-10(16)7-4-5-8(12)9(6-7)15(18)19/h4-6H,3H2,1-2H3,(H,13,16,17). The van der Waals surface area contributed by atoms with Crippen LogP contribution in [0.15, 0.2) is 18.2 Å². The van der Waals surface area contributed by atoms with Gasteiger partial charge in [0.2, 0.25) is 0 Å². The smallest absolute Gasteiger partial charge is 0.324 e. The van der Waals surface area contributed by atoms with E-state index in [0.29, 0.717) is 10.1 Å². The van der Waals surface area contributed by atoms with Crippen LogP contribution < -0.4 is 5.32 Å². The number of carbonyl (C=O) groups is 2. The van der Waals surface area contributed by atoms with Crippen LogP contribution in [0.1, 0.15) is 17.3 Å². The molecule has 1 rings (SSSR count). The van der Waals surface area contributed by atoms with E-state index in [1.165, 1.54) is 17.0 Å². The first-order chi connectivity index (χ1) is 8.86. The molecule has 0 atom stereocenters. The fourth-order valence-corrected chi connectivity index (χ4v) is 1.73. The summed E-state index contributed by atoms with van der Waals surface area (Å²) in [5, 5.41) is 12.9. The third kappa shape index (κ3) is 3.88. The Labute approximate surface area is 123 Å². The number of halogens is 1. The van der Waals surface area contributed by atoms with Crippen molar-refractivity contribution in [2.75, 3.05) is 13.6 Å². The van der Waals surface area contributed by atoms with Crippen LogP contribution >= 0.6 is 22.6 Å². The summed E-state index contributed by atoms with van der Waals surface area (Å²) in [5.41, 5.74) is -0.0884. The van der Waals surface area contributed by atoms with Crippen molar-refractivity contribution in [1.29, 1.82) is 0 Å². The maximum atomic E-state index is 11.8. The van der Waals surface area contributed by atoms with Crippen molar-refractivity contribution in [2.45, 2.75) is 6.92 Å². The quantitative estimate of drug-likeness (QED) is 0.496. The highest BCUT2D eigenvalue weighted by Gasteiger charge is 2.18. The Morgan fingerprint density at radius 3 is 2.63 bits per heavy atom. The van der Waals surface area contributed by atoms with Gasteiger partial charge in [0.05, 0.1) is 8.49 Å². The highest BCUT2D eigenvalue weighted by atomic mass is 127. The molecule has 0 aromatic heterocycles. The number of hydrogen-bond donors (Lipinski definition) is 1. The SMILES string of the molecule is CCN(C)C(=O)NC(=O)c1ccc(I)c([N+](=O)[O-])c1. The Balaban J connectivity index is 2.92. The number of carbonyl (C=O) groups excluding carboxylic acids is 2. The molecule has 7 nitrogen and oxygen atoms in total. The van der Waals surface area contributed by atoms with Crippen LogP contribution in [0.2, 0.25) is 0 Å². The number of benzene rings is 1. The molecule has 0 heterocycles. The minimum atomic E-state index is -0.662. The van der Waals surface area contributed by atoms with Gasteiger partial charge in [-0.15, -0.1) is 0 Å². The topological polar surface area (TPSA) is 92.6 Å². The third-order valence-electron chi connectivity index (χ3n) is 2.45. The third-order valence-corrected chi connectivity index (χ3v) is 3.36. The van der Waals surface area contributed by atoms with Crippen molar-refractivity contribution in [2.24, 2.45) is 0 Å². The van der Waals surface area contributed by atoms with Gasteiger partial charge in [-0.05, 0) is 41.6 Å². The van der Waals surface area contributed by atoms with Crippen LogP contribution in [-0.2, 0) is 0 Å². The van der Waals surface area contributed by atoms with Crippen LogP contribution in [0.5, 0.6) is 0 Å². The predicted octanol–water partition coefficient (Wildman–Crippen LogP) is 2.00. The molecule has 0 spiro atoms. The highest BCUT2D eigenvalue weighted by Crippen LogP contribution is 2.21. The highest BCUT2D eigenvalue weighted by molar-refractivity contribution is 14.1. The molecule has 3 amide bonds. The maximum absolute atomic E-state index is 11.8. The summed E-state index contributed by atoms with van der Waals surface area (Å²) in [7, 11) is 1.54. The lowest BCUT2D eigenvalue weighted by molar-refractivity contribution is -0.385. The first-order valence-corrected chi connectivity index (χ1v) is 6.45. The van der Waals surface area contributed by atoms with Gasteiger partial charge >= 0.3 is 6.03 Å². The molecular formula is C11H12IN3O4. The number of hydrogen-bond acceptors (Lipinski definition) is 4. The first kappa shape index (κ1) is 15.3. The minimum absolute atomic E-state index is 0.0740. The summed E-state index contributed by atoms with van der Waals surface area (Å²) >= 11 is 1.81. The molecule has 0 aliphatic rings. The van der Waals surface area contributed by atoms with Crippen molar-refractivity contribution < 1.29 is 14.5 Å². The summed E-state index contributed by atoms with van der Waals surface area (Å²) in [5.74, 6) is -0.662. The van der Waals surface area contributed by atoms with Gasteiger partial charge in [-0.3, -0.25) is 20.2 Å². The number of imide groups is 1. The van der Waals surface area contributed by atoms with Crippen LogP contribution in [0, 0.1) is 13.7 Å². The average molecular weight is 377 g/mol. The monoisotopic (exact) mass is 377 g/mol. The van der Waals surface area contributed by atoms with Gasteiger partial charge in [0, 0.05) is 25.2 Å². The predicted molar refractivity (Wildman–Crippen MR) is 77.0 cm³/mol. The summed E-state index contributed by atoms with van der Waals surface area (Å²) in [6, 6.07) is 3.50. The second-order valence-electron chi connectivity index (χ2n) is 3.70. The van der Waals surface area contributed by atoms with Gasteiger partial charge in [-0.25, -0.2) is 4.79 Å². The lowest BCUT2D eigenvalue weighted by Gasteiger charge is -2.14. The number of urea groups is 1. The molecule has 0 aliphatic carbocycles. The Bertz CT molecular complexity index is 533. The largest absolute Gasteiger partial charge is 0.328 e. The Morgan fingerprint density at radius 1 is 1.47 bits per heavy atom. The van der Waals surface area contributed by atoms with Gasteiger partial charge in [-0.2, -0.15) is 0 Å². The molecule has 0 radical (unpaired) electrons. The zero-order valence-electron chi connectivity index (χ0n) is 10.3. The zero-order valence-corrected chi connectivity index (χ0v) is 12.5. The summed E-state index contributed by atoms with van der Waals surface area (Å²) in [6.45, 7) is 2.21. The summed E-state index contributed by atoms with van der Waals surface area (Å²) in [4.78, 5) is 34.8. The van der Waals surface area contributed by atoms with Crippen LogP contribution in [0.25, 0.3) is 0 Å². The second kappa shape index (κ2) is 6.45. The van der Waals surface area contributed by atoms with E-state index >= 15 is 0 Å². The fourth-order valence-electron chi connectivity index (χ4n) is 1.20. The fraction of sp³-hybridized carbons (Fsp3) is 0.273. The van der Waals surface area contributed by atoms with Crippen molar-refractivity contribution in [3.63, 3.8) is 0 Å². The lowest BCUT2D eigenvalue weighted by Crippen LogP contribution is -2.40. The molecule has 102 valence electrons. The van der Waals surface area contributed by atoms with E-state index in [2.05, 4.69) is 5.32 Å². The van der Waals surface area contributed by atoms with Crippen molar-refractivity contribution in [3.05, 3.63) is 37.4 Å². The van der Waals surface area contributed by atoms with Crippen molar-refractivity contribution in [3.8, 4) is 0 Å². The van der Waals surface area contributed by atoms with Crippen LogP contribution in [0.3, 0.4) is 0 Å². The molecule has 19 heavy (non-hydrogen) atoms. The normalized spacial score (nSPS) is 9.84. The molecule has 1 aromatic carbocycles. The van der Waals surface area contributed by atoms with Crippen LogP contribution in [-0.4, -0.2) is 35.4 Å². The molecule has 0 aliphatic heterocycles. The van der Waals surface area contributed by atoms with E-state index in [1.807, 2.05) is 22.6 Å². The number of amides is 3. The van der Waals surface area contributed by atoms with E-state index < -0.39 is 16.9 Å². The van der Waals surface area contributed by atoms with E-state index in [-0.39, 0.29) is 11.3 Å². The molecule has 8 heteroatoms. The zero-order chi connectivity index (χ0) is 14.6. The number of nitrogens with one attached hydrogen (secondary N) is 1. The molecule has 0 bridgehead atoms. The van der Waals surface area contributed by atoms with E-state index in [1.54, 1.807) is 14.0 Å². The van der Waals surface area contributed by atoms with E-state index in [0.717, 1.165) is 6.07 Å². The number of nitro groups is 1. The second-order valence-corrected chi connectivity index (χ2v) is 4.86. The molecular weight excluding hydrogens is 365 g/mol. The Kier molecular flexibility index (Phi) is 5.21. The van der Waals surface area contributed by atoms with E-state index in [9.17, 15) is 19.7 Å². The van der Waals surface area contributed by atoms with Gasteiger partial charge < -0.3 is 4.90 Å². The molecule has 0 saturated carbocycles. The number of nitrogens with zero attached hydrogens (tertiary/aromatic N) is 2. The average Bonchev–Trinajstić information content (AvgIpc) is 2.37.